The maximum Gasteiger partial charge on any atom is 0.245 e. The smallest absolute Gasteiger partial charge is 0.245 e. The minimum atomic E-state index is -0.749. The zero-order valence-corrected chi connectivity index (χ0v) is 32.3. The van der Waals surface area contributed by atoms with E-state index in [0.717, 1.165) is 18.4 Å². The van der Waals surface area contributed by atoms with Crippen molar-refractivity contribution < 1.29 is 33.8 Å². The van der Waals surface area contributed by atoms with E-state index < -0.39 is 36.3 Å². The number of phenolic OH excluding ortho intramolecular Hbond substituents is 1. The monoisotopic (exact) mass is 703 g/mol. The number of amides is 4. The normalized spacial score (nSPS) is 19.0. The summed E-state index contributed by atoms with van der Waals surface area (Å²) >= 11 is 0. The number of likely N-dealkylation sites (N-methyl/N-ethyl adjacent to an activating group) is 2. The van der Waals surface area contributed by atoms with Gasteiger partial charge in [0.25, 0.3) is 0 Å². The van der Waals surface area contributed by atoms with Gasteiger partial charge in [-0.1, -0.05) is 67.0 Å². The van der Waals surface area contributed by atoms with Crippen LogP contribution in [0.1, 0.15) is 79.7 Å². The highest BCUT2D eigenvalue weighted by atomic mass is 16.5. The molecule has 0 spiro atoms. The van der Waals surface area contributed by atoms with Gasteiger partial charge in [0, 0.05) is 34.4 Å². The van der Waals surface area contributed by atoms with Gasteiger partial charge in [0.1, 0.15) is 11.8 Å². The molecule has 8 atom stereocenters. The van der Waals surface area contributed by atoms with E-state index in [1.807, 2.05) is 65.5 Å². The van der Waals surface area contributed by atoms with Crippen LogP contribution in [0.25, 0.3) is 0 Å². The highest BCUT2D eigenvalue weighted by molar-refractivity contribution is 5.90. The quantitative estimate of drug-likeness (QED) is 0.162. The van der Waals surface area contributed by atoms with Gasteiger partial charge in [-0.05, 0) is 61.8 Å². The Labute approximate surface area is 300 Å². The second kappa shape index (κ2) is 20.6. The number of phenols is 1. The third-order valence-electron chi connectivity index (χ3n) is 10.4. The van der Waals surface area contributed by atoms with Crippen molar-refractivity contribution in [2.45, 2.75) is 117 Å². The van der Waals surface area contributed by atoms with Crippen LogP contribution in [0, 0.1) is 23.7 Å². The summed E-state index contributed by atoms with van der Waals surface area (Å²) in [4.78, 5) is 58.0. The molecule has 12 heteroatoms. The molecule has 1 aliphatic heterocycles. The second-order valence-corrected chi connectivity index (χ2v) is 14.5. The molecule has 4 N–H and O–H groups in total. The van der Waals surface area contributed by atoms with E-state index >= 15 is 0 Å². The van der Waals surface area contributed by atoms with Crippen LogP contribution in [-0.4, -0.2) is 116 Å². The molecular weight excluding hydrogens is 638 g/mol. The number of nitrogens with zero attached hydrogens (tertiary/aromatic N) is 2. The topological polar surface area (TPSA) is 150 Å². The van der Waals surface area contributed by atoms with Gasteiger partial charge in [0.15, 0.2) is 0 Å². The summed E-state index contributed by atoms with van der Waals surface area (Å²) in [7, 11) is 6.61. The number of rotatable bonds is 20. The fourth-order valence-electron chi connectivity index (χ4n) is 7.20. The van der Waals surface area contributed by atoms with Gasteiger partial charge < -0.3 is 40.3 Å². The van der Waals surface area contributed by atoms with Crippen molar-refractivity contribution in [2.75, 3.05) is 41.4 Å². The molecule has 0 bridgehead atoms. The summed E-state index contributed by atoms with van der Waals surface area (Å²) in [5.41, 5.74) is 1.00. The molecule has 284 valence electrons. The Morgan fingerprint density at radius 2 is 1.58 bits per heavy atom. The van der Waals surface area contributed by atoms with Gasteiger partial charge in [-0.3, -0.25) is 19.2 Å². The molecule has 3 unspecified atom stereocenters. The van der Waals surface area contributed by atoms with Crippen LogP contribution in [0.3, 0.4) is 0 Å². The number of methoxy groups -OCH3 is 2. The number of nitrogens with one attached hydrogen (secondary N) is 3. The largest absolute Gasteiger partial charge is 0.508 e. The lowest BCUT2D eigenvalue weighted by Gasteiger charge is -2.41. The first-order valence-electron chi connectivity index (χ1n) is 18.3. The maximum atomic E-state index is 14.1. The Balaban J connectivity index is 2.19. The average molecular weight is 704 g/mol. The maximum absolute atomic E-state index is 14.1. The van der Waals surface area contributed by atoms with E-state index in [4.69, 9.17) is 9.47 Å². The molecule has 2 rings (SSSR count). The molecule has 1 heterocycles. The molecule has 12 nitrogen and oxygen atoms in total. The molecule has 0 aliphatic carbocycles. The first-order chi connectivity index (χ1) is 23.6. The summed E-state index contributed by atoms with van der Waals surface area (Å²) in [5.74, 6) is -1.15. The van der Waals surface area contributed by atoms with Crippen molar-refractivity contribution in [1.82, 2.24) is 25.8 Å². The third-order valence-corrected chi connectivity index (χ3v) is 10.4. The molecule has 0 saturated carbocycles. The molecule has 50 heavy (non-hydrogen) atoms. The lowest BCUT2D eigenvalue weighted by atomic mass is 9.89. The van der Waals surface area contributed by atoms with Crippen LogP contribution in [0.5, 0.6) is 5.75 Å². The Bertz CT molecular complexity index is 1230. The number of ether oxygens (including phenoxy) is 2. The van der Waals surface area contributed by atoms with Crippen LogP contribution in [-0.2, 0) is 35.1 Å². The number of hydrogen-bond acceptors (Lipinski definition) is 8. The van der Waals surface area contributed by atoms with Crippen molar-refractivity contribution >= 4 is 23.6 Å². The van der Waals surface area contributed by atoms with Crippen LogP contribution < -0.4 is 16.0 Å². The van der Waals surface area contributed by atoms with Gasteiger partial charge in [-0.15, -0.1) is 0 Å². The van der Waals surface area contributed by atoms with E-state index in [0.29, 0.717) is 25.9 Å². The molecule has 1 aromatic carbocycles. The van der Waals surface area contributed by atoms with Crippen molar-refractivity contribution in [1.29, 1.82) is 0 Å². The standard InChI is InChI=1S/C38H65N5O7/c1-12-25(6)34(42(9)38(48)33(24(4)5)41-37(47)32(39-8)23(2)3)30(49-10)22-31(45)43-21-13-14-29(43)35(50-11)26(7)36(46)40-20-19-27-15-17-28(44)18-16-27/h15-18,23-26,29-30,32-35,39,44H,12-14,19-22H2,1-11H3,(H,40,46)(H,41,47)/t25?,26-,29+,30-,32?,33+,34?,35-/m1/s1. The number of benzene rings is 1. The van der Waals surface area contributed by atoms with Crippen molar-refractivity contribution in [3.63, 3.8) is 0 Å². The SMILES string of the molecule is CCC(C)C([C@@H](CC(=O)N1CCC[C@H]1[C@H](OC)[C@@H](C)C(=O)NCCc1ccc(O)cc1)OC)N(C)C(=O)[C@@H](NC(=O)C(NC)C(C)C)C(C)C. The third kappa shape index (κ3) is 11.4. The molecule has 1 saturated heterocycles. The summed E-state index contributed by atoms with van der Waals surface area (Å²) in [5, 5.41) is 18.6. The summed E-state index contributed by atoms with van der Waals surface area (Å²) < 4.78 is 11.9. The van der Waals surface area contributed by atoms with E-state index in [-0.39, 0.29) is 59.6 Å². The van der Waals surface area contributed by atoms with Gasteiger partial charge in [0.2, 0.25) is 23.6 Å². The van der Waals surface area contributed by atoms with Crippen LogP contribution in [0.4, 0.5) is 0 Å². The van der Waals surface area contributed by atoms with Gasteiger partial charge >= 0.3 is 0 Å². The van der Waals surface area contributed by atoms with Crippen LogP contribution >= 0.6 is 0 Å². The van der Waals surface area contributed by atoms with Crippen LogP contribution in [0.2, 0.25) is 0 Å². The molecule has 0 aromatic heterocycles. The molecule has 1 aromatic rings. The zero-order chi connectivity index (χ0) is 37.7. The zero-order valence-electron chi connectivity index (χ0n) is 32.3. The predicted molar refractivity (Wildman–Crippen MR) is 195 cm³/mol. The van der Waals surface area contributed by atoms with Gasteiger partial charge in [-0.2, -0.15) is 0 Å². The minimum Gasteiger partial charge on any atom is -0.508 e. The Morgan fingerprint density at radius 1 is 0.960 bits per heavy atom. The van der Waals surface area contributed by atoms with Crippen molar-refractivity contribution in [3.8, 4) is 5.75 Å². The average Bonchev–Trinajstić information content (AvgIpc) is 3.57. The molecule has 1 fully saturated rings. The highest BCUT2D eigenvalue weighted by Crippen LogP contribution is 2.29. The summed E-state index contributed by atoms with van der Waals surface area (Å²) in [6.45, 7) is 14.6. The summed E-state index contributed by atoms with van der Waals surface area (Å²) in [6, 6.07) is 4.99. The second-order valence-electron chi connectivity index (χ2n) is 14.5. The number of carbonyl (C=O) groups excluding carboxylic acids is 4. The molecule has 0 radical (unpaired) electrons. The Morgan fingerprint density at radius 3 is 2.10 bits per heavy atom. The number of likely N-dealkylation sites (tertiary alicyclic amines) is 1. The van der Waals surface area contributed by atoms with Crippen LogP contribution in [0.15, 0.2) is 24.3 Å². The Hall–Kier alpha value is -3.22. The van der Waals surface area contributed by atoms with Crippen molar-refractivity contribution in [2.24, 2.45) is 23.7 Å². The van der Waals surface area contributed by atoms with Gasteiger partial charge in [0.05, 0.1) is 42.7 Å². The number of hydrogen-bond donors (Lipinski definition) is 4. The van der Waals surface area contributed by atoms with Gasteiger partial charge in [-0.25, -0.2) is 0 Å². The van der Waals surface area contributed by atoms with E-state index in [2.05, 4.69) is 16.0 Å². The Kier molecular flexibility index (Phi) is 17.7. The predicted octanol–water partition coefficient (Wildman–Crippen LogP) is 3.36. The first kappa shape index (κ1) is 42.9. The van der Waals surface area contributed by atoms with E-state index in [9.17, 15) is 24.3 Å². The molecule has 4 amide bonds. The van der Waals surface area contributed by atoms with Crippen molar-refractivity contribution in [3.05, 3.63) is 29.8 Å². The summed E-state index contributed by atoms with van der Waals surface area (Å²) in [6.07, 6.45) is 1.82. The first-order valence-corrected chi connectivity index (χ1v) is 18.3. The van der Waals surface area contributed by atoms with E-state index in [1.54, 1.807) is 45.3 Å². The number of aromatic hydroxyl groups is 1. The lowest BCUT2D eigenvalue weighted by molar-refractivity contribution is -0.147. The minimum absolute atomic E-state index is 0.00247. The highest BCUT2D eigenvalue weighted by Gasteiger charge is 2.43. The number of carbonyl (C=O) groups is 4. The van der Waals surface area contributed by atoms with E-state index in [1.165, 1.54) is 0 Å². The lowest BCUT2D eigenvalue weighted by Crippen LogP contribution is -2.59. The molecular formula is C38H65N5O7. The fraction of sp³-hybridized carbons (Fsp3) is 0.737. The fourth-order valence-corrected chi connectivity index (χ4v) is 7.20. The molecule has 1 aliphatic rings.